The second kappa shape index (κ2) is 11.3. The molecule has 0 radical (unpaired) electrons. The number of piperazine rings is 1. The maximum atomic E-state index is 13.1. The van der Waals surface area contributed by atoms with Gasteiger partial charge in [0.05, 0.1) is 24.8 Å². The zero-order valence-electron chi connectivity index (χ0n) is 20.7. The Hall–Kier alpha value is -3.52. The van der Waals surface area contributed by atoms with Gasteiger partial charge in [0.1, 0.15) is 5.75 Å². The van der Waals surface area contributed by atoms with Crippen molar-refractivity contribution < 1.29 is 19.1 Å². The van der Waals surface area contributed by atoms with E-state index in [4.69, 9.17) is 9.47 Å². The summed E-state index contributed by atoms with van der Waals surface area (Å²) in [7, 11) is 0. The van der Waals surface area contributed by atoms with Crippen LogP contribution in [0.3, 0.4) is 0 Å². The van der Waals surface area contributed by atoms with Gasteiger partial charge >= 0.3 is 12.0 Å². The first-order valence-corrected chi connectivity index (χ1v) is 12.2. The predicted molar refractivity (Wildman–Crippen MR) is 136 cm³/mol. The highest BCUT2D eigenvalue weighted by atomic mass is 16.5. The van der Waals surface area contributed by atoms with E-state index < -0.39 is 12.0 Å². The zero-order valence-corrected chi connectivity index (χ0v) is 20.7. The number of para-hydroxylation sites is 1. The SMILES string of the molecule is CCOC(=O)C1=C(CN2CCN(c3ccccc3C)CC2)NC(=O)N[C@H]1c1ccc(OCC)cc1. The number of carbonyl (C=O) groups is 2. The van der Waals surface area contributed by atoms with E-state index >= 15 is 0 Å². The molecule has 1 saturated heterocycles. The highest BCUT2D eigenvalue weighted by Gasteiger charge is 2.34. The van der Waals surface area contributed by atoms with Gasteiger partial charge in [-0.15, -0.1) is 0 Å². The molecule has 8 heteroatoms. The number of hydrogen-bond donors (Lipinski definition) is 2. The first kappa shape index (κ1) is 24.6. The van der Waals surface area contributed by atoms with E-state index in [1.54, 1.807) is 6.92 Å². The molecule has 2 heterocycles. The van der Waals surface area contributed by atoms with E-state index in [2.05, 4.69) is 51.6 Å². The predicted octanol–water partition coefficient (Wildman–Crippen LogP) is 3.39. The number of ether oxygens (including phenoxy) is 2. The number of hydrogen-bond acceptors (Lipinski definition) is 6. The summed E-state index contributed by atoms with van der Waals surface area (Å²) in [5.41, 5.74) is 4.35. The summed E-state index contributed by atoms with van der Waals surface area (Å²) >= 11 is 0. The molecular weight excluding hydrogens is 444 g/mol. The van der Waals surface area contributed by atoms with Crippen molar-refractivity contribution in [1.29, 1.82) is 0 Å². The molecule has 1 atom stereocenters. The third-order valence-electron chi connectivity index (χ3n) is 6.38. The van der Waals surface area contributed by atoms with Crippen molar-refractivity contribution in [1.82, 2.24) is 15.5 Å². The number of urea groups is 1. The van der Waals surface area contributed by atoms with Gasteiger partial charge in [-0.05, 0) is 50.1 Å². The van der Waals surface area contributed by atoms with E-state index in [1.807, 2.05) is 31.2 Å². The molecule has 2 aromatic carbocycles. The molecule has 4 rings (SSSR count). The maximum absolute atomic E-state index is 13.1. The minimum Gasteiger partial charge on any atom is -0.494 e. The van der Waals surface area contributed by atoms with Crippen LogP contribution in [-0.2, 0) is 9.53 Å². The standard InChI is InChI=1S/C27H34N4O4/c1-4-34-21-12-10-20(11-13-21)25-24(26(32)35-5-2)22(28-27(33)29-25)18-30-14-16-31(17-15-30)23-9-7-6-8-19(23)3/h6-13,25H,4-5,14-18H2,1-3H3,(H2,28,29,33)/t25-/m0/s1. The lowest BCUT2D eigenvalue weighted by Gasteiger charge is -2.38. The lowest BCUT2D eigenvalue weighted by Crippen LogP contribution is -2.52. The van der Waals surface area contributed by atoms with Crippen LogP contribution in [0.2, 0.25) is 0 Å². The summed E-state index contributed by atoms with van der Waals surface area (Å²) in [5.74, 6) is 0.317. The number of carbonyl (C=O) groups excluding carboxylic acids is 2. The Bertz CT molecular complexity index is 1070. The first-order chi connectivity index (χ1) is 17.0. The van der Waals surface area contributed by atoms with Gasteiger partial charge in [-0.25, -0.2) is 9.59 Å². The van der Waals surface area contributed by atoms with Crippen molar-refractivity contribution in [2.24, 2.45) is 0 Å². The second-order valence-corrected chi connectivity index (χ2v) is 8.70. The molecule has 35 heavy (non-hydrogen) atoms. The van der Waals surface area contributed by atoms with Crippen LogP contribution >= 0.6 is 0 Å². The van der Waals surface area contributed by atoms with Crippen molar-refractivity contribution in [3.63, 3.8) is 0 Å². The number of anilines is 1. The maximum Gasteiger partial charge on any atom is 0.338 e. The molecule has 0 aromatic heterocycles. The topological polar surface area (TPSA) is 83.1 Å². The van der Waals surface area contributed by atoms with Crippen molar-refractivity contribution in [3.8, 4) is 5.75 Å². The van der Waals surface area contributed by atoms with Gasteiger partial charge in [-0.2, -0.15) is 0 Å². The Labute approximate surface area is 206 Å². The van der Waals surface area contributed by atoms with Crippen LogP contribution in [0, 0.1) is 6.92 Å². The normalized spacial score (nSPS) is 18.7. The second-order valence-electron chi connectivity index (χ2n) is 8.70. The van der Waals surface area contributed by atoms with E-state index in [0.717, 1.165) is 37.5 Å². The van der Waals surface area contributed by atoms with E-state index in [1.165, 1.54) is 11.3 Å². The Balaban J connectivity index is 1.55. The number of benzene rings is 2. The minimum absolute atomic E-state index is 0.259. The van der Waals surface area contributed by atoms with Crippen molar-refractivity contribution >= 4 is 17.7 Å². The third-order valence-corrected chi connectivity index (χ3v) is 6.38. The number of aryl methyl sites for hydroxylation is 1. The molecule has 8 nitrogen and oxygen atoms in total. The molecule has 2 N–H and O–H groups in total. The summed E-state index contributed by atoms with van der Waals surface area (Å²) in [6.45, 7) is 10.5. The lowest BCUT2D eigenvalue weighted by atomic mass is 9.94. The number of nitrogens with zero attached hydrogens (tertiary/aromatic N) is 2. The fourth-order valence-corrected chi connectivity index (χ4v) is 4.65. The molecule has 2 aliphatic rings. The summed E-state index contributed by atoms with van der Waals surface area (Å²) < 4.78 is 10.9. The minimum atomic E-state index is -0.596. The number of esters is 1. The van der Waals surface area contributed by atoms with Crippen molar-refractivity contribution in [2.75, 3.05) is 50.8 Å². The van der Waals surface area contributed by atoms with Gasteiger partial charge in [-0.1, -0.05) is 30.3 Å². The average molecular weight is 479 g/mol. The van der Waals surface area contributed by atoms with Crippen molar-refractivity contribution in [3.05, 3.63) is 70.9 Å². The van der Waals surface area contributed by atoms with Gasteiger partial charge < -0.3 is 25.0 Å². The Morgan fingerprint density at radius 2 is 1.71 bits per heavy atom. The monoisotopic (exact) mass is 478 g/mol. The van der Waals surface area contributed by atoms with Gasteiger partial charge in [0.25, 0.3) is 0 Å². The molecule has 0 aliphatic carbocycles. The van der Waals surface area contributed by atoms with Gasteiger partial charge in [-0.3, -0.25) is 4.90 Å². The van der Waals surface area contributed by atoms with Crippen LogP contribution < -0.4 is 20.3 Å². The third kappa shape index (κ3) is 5.77. The number of rotatable bonds is 8. The Morgan fingerprint density at radius 1 is 1.00 bits per heavy atom. The molecule has 186 valence electrons. The molecule has 0 saturated carbocycles. The number of amides is 2. The van der Waals surface area contributed by atoms with Crippen LogP contribution in [-0.4, -0.2) is 62.8 Å². The number of nitrogens with one attached hydrogen (secondary N) is 2. The molecular formula is C27H34N4O4. The summed E-state index contributed by atoms with van der Waals surface area (Å²) in [5, 5.41) is 5.78. The molecule has 2 aromatic rings. The molecule has 0 unspecified atom stereocenters. The van der Waals surface area contributed by atoms with Crippen LogP contribution in [0.1, 0.15) is 31.0 Å². The van der Waals surface area contributed by atoms with Crippen LogP contribution in [0.4, 0.5) is 10.5 Å². The van der Waals surface area contributed by atoms with Gasteiger partial charge in [0, 0.05) is 44.1 Å². The van der Waals surface area contributed by atoms with E-state index in [0.29, 0.717) is 24.4 Å². The Kier molecular flexibility index (Phi) is 7.92. The summed E-state index contributed by atoms with van der Waals surface area (Å²) in [4.78, 5) is 30.3. The van der Waals surface area contributed by atoms with Gasteiger partial charge in [0.2, 0.25) is 0 Å². The molecule has 2 amide bonds. The quantitative estimate of drug-likeness (QED) is 0.566. The highest BCUT2D eigenvalue weighted by Crippen LogP contribution is 2.30. The molecule has 0 spiro atoms. The van der Waals surface area contributed by atoms with Crippen LogP contribution in [0.5, 0.6) is 5.75 Å². The van der Waals surface area contributed by atoms with Crippen molar-refractivity contribution in [2.45, 2.75) is 26.8 Å². The fraction of sp³-hybridized carbons (Fsp3) is 0.407. The highest BCUT2D eigenvalue weighted by molar-refractivity contribution is 5.95. The first-order valence-electron chi connectivity index (χ1n) is 12.2. The smallest absolute Gasteiger partial charge is 0.338 e. The zero-order chi connectivity index (χ0) is 24.8. The fourth-order valence-electron chi connectivity index (χ4n) is 4.65. The largest absolute Gasteiger partial charge is 0.494 e. The Morgan fingerprint density at radius 3 is 2.37 bits per heavy atom. The van der Waals surface area contributed by atoms with E-state index in [-0.39, 0.29) is 12.6 Å². The van der Waals surface area contributed by atoms with Crippen LogP contribution in [0.15, 0.2) is 59.8 Å². The molecule has 0 bridgehead atoms. The molecule has 2 aliphatic heterocycles. The molecule has 1 fully saturated rings. The van der Waals surface area contributed by atoms with E-state index in [9.17, 15) is 9.59 Å². The van der Waals surface area contributed by atoms with Crippen LogP contribution in [0.25, 0.3) is 0 Å². The average Bonchev–Trinajstić information content (AvgIpc) is 2.85. The summed E-state index contributed by atoms with van der Waals surface area (Å²) in [6, 6.07) is 14.9. The van der Waals surface area contributed by atoms with Gasteiger partial charge in [0.15, 0.2) is 0 Å². The summed E-state index contributed by atoms with van der Waals surface area (Å²) in [6.07, 6.45) is 0. The lowest BCUT2D eigenvalue weighted by molar-refractivity contribution is -0.139.